The monoisotopic (exact) mass is 411 g/mol. The van der Waals surface area contributed by atoms with Gasteiger partial charge in [0, 0.05) is 23.8 Å². The minimum Gasteiger partial charge on any atom is -0.491 e. The van der Waals surface area contributed by atoms with Gasteiger partial charge in [-0.25, -0.2) is 0 Å². The molecule has 3 rings (SSSR count). The lowest BCUT2D eigenvalue weighted by Crippen LogP contribution is -2.13. The highest BCUT2D eigenvalue weighted by Crippen LogP contribution is 2.25. The molecule has 2 aromatic carbocycles. The van der Waals surface area contributed by atoms with Crippen LogP contribution in [0.25, 0.3) is 10.9 Å². The molecule has 0 saturated heterocycles. The van der Waals surface area contributed by atoms with Crippen molar-refractivity contribution in [3.63, 3.8) is 0 Å². The van der Waals surface area contributed by atoms with E-state index in [4.69, 9.17) is 19.3 Å². The van der Waals surface area contributed by atoms with Gasteiger partial charge in [0.15, 0.2) is 0 Å². The van der Waals surface area contributed by atoms with Gasteiger partial charge in [-0.3, -0.25) is 14.2 Å². The minimum absolute atomic E-state index is 0.0871. The summed E-state index contributed by atoms with van der Waals surface area (Å²) in [7, 11) is 1.62. The molecule has 0 radical (unpaired) electrons. The highest BCUT2D eigenvalue weighted by atomic mass is 16.5. The summed E-state index contributed by atoms with van der Waals surface area (Å²) in [6.45, 7) is 3.76. The third-order valence-corrected chi connectivity index (χ3v) is 4.69. The maximum atomic E-state index is 13.1. The van der Waals surface area contributed by atoms with Crippen LogP contribution in [0.2, 0.25) is 0 Å². The SMILES string of the molecule is COCCOCCOc1ccc(C(=O)n2c(C)cc3c(CC(=O)O)cccc32)cc1. The van der Waals surface area contributed by atoms with Gasteiger partial charge in [-0.05, 0) is 48.9 Å². The Bertz CT molecular complexity index is 1020. The number of aromatic nitrogens is 1. The van der Waals surface area contributed by atoms with E-state index in [9.17, 15) is 9.59 Å². The first-order valence-corrected chi connectivity index (χ1v) is 9.67. The Morgan fingerprint density at radius 2 is 1.73 bits per heavy atom. The summed E-state index contributed by atoms with van der Waals surface area (Å²) in [5, 5.41) is 9.91. The van der Waals surface area contributed by atoms with E-state index in [0.717, 1.165) is 11.1 Å². The van der Waals surface area contributed by atoms with E-state index in [1.807, 2.05) is 19.1 Å². The van der Waals surface area contributed by atoms with Gasteiger partial charge in [0.25, 0.3) is 5.91 Å². The van der Waals surface area contributed by atoms with E-state index in [2.05, 4.69) is 0 Å². The number of fused-ring (bicyclic) bond motifs is 1. The predicted octanol–water partition coefficient (Wildman–Crippen LogP) is 3.31. The van der Waals surface area contributed by atoms with E-state index in [0.29, 0.717) is 48.8 Å². The summed E-state index contributed by atoms with van der Waals surface area (Å²) in [5.74, 6) is -0.428. The normalized spacial score (nSPS) is 11.0. The Balaban J connectivity index is 1.73. The Hall–Kier alpha value is -3.16. The van der Waals surface area contributed by atoms with Crippen LogP contribution >= 0.6 is 0 Å². The Morgan fingerprint density at radius 3 is 2.43 bits per heavy atom. The molecule has 0 aliphatic carbocycles. The molecule has 0 saturated carbocycles. The number of carbonyl (C=O) groups excluding carboxylic acids is 1. The largest absolute Gasteiger partial charge is 0.491 e. The van der Waals surface area contributed by atoms with Gasteiger partial charge in [0.1, 0.15) is 12.4 Å². The molecule has 3 aromatic rings. The summed E-state index contributed by atoms with van der Waals surface area (Å²) in [5.41, 5.74) is 2.65. The molecular formula is C23H25NO6. The number of carboxylic acids is 1. The van der Waals surface area contributed by atoms with Gasteiger partial charge in [0.05, 0.1) is 31.8 Å². The van der Waals surface area contributed by atoms with Crippen molar-refractivity contribution in [3.8, 4) is 5.75 Å². The first kappa shape index (κ1) is 21.5. The second-order valence-corrected chi connectivity index (χ2v) is 6.82. The fraction of sp³-hybridized carbons (Fsp3) is 0.304. The summed E-state index contributed by atoms with van der Waals surface area (Å²) in [6.07, 6.45) is -0.0871. The Morgan fingerprint density at radius 1 is 1.00 bits per heavy atom. The zero-order valence-electron chi connectivity index (χ0n) is 17.1. The summed E-state index contributed by atoms with van der Waals surface area (Å²) in [4.78, 5) is 24.3. The number of carbonyl (C=O) groups is 2. The molecule has 0 atom stereocenters. The molecule has 0 bridgehead atoms. The zero-order valence-corrected chi connectivity index (χ0v) is 17.1. The molecule has 7 heteroatoms. The first-order chi connectivity index (χ1) is 14.5. The van der Waals surface area contributed by atoms with Crippen molar-refractivity contribution in [2.45, 2.75) is 13.3 Å². The molecule has 0 aliphatic heterocycles. The van der Waals surface area contributed by atoms with Gasteiger partial charge < -0.3 is 19.3 Å². The maximum Gasteiger partial charge on any atom is 0.307 e. The van der Waals surface area contributed by atoms with Gasteiger partial charge in [-0.1, -0.05) is 12.1 Å². The lowest BCUT2D eigenvalue weighted by Gasteiger charge is -2.10. The van der Waals surface area contributed by atoms with Crippen molar-refractivity contribution in [3.05, 3.63) is 65.4 Å². The van der Waals surface area contributed by atoms with E-state index in [1.54, 1.807) is 48.1 Å². The number of methoxy groups -OCH3 is 1. The smallest absolute Gasteiger partial charge is 0.307 e. The average molecular weight is 411 g/mol. The van der Waals surface area contributed by atoms with Crippen molar-refractivity contribution in [1.29, 1.82) is 0 Å². The first-order valence-electron chi connectivity index (χ1n) is 9.67. The van der Waals surface area contributed by atoms with Gasteiger partial charge in [-0.2, -0.15) is 0 Å². The van der Waals surface area contributed by atoms with Crippen molar-refractivity contribution in [2.24, 2.45) is 0 Å². The summed E-state index contributed by atoms with van der Waals surface area (Å²) in [6, 6.07) is 14.2. The maximum absolute atomic E-state index is 13.1. The summed E-state index contributed by atoms with van der Waals surface area (Å²) >= 11 is 0. The Labute approximate surface area is 174 Å². The molecule has 1 heterocycles. The van der Waals surface area contributed by atoms with Crippen LogP contribution in [0.4, 0.5) is 0 Å². The van der Waals surface area contributed by atoms with Crippen LogP contribution < -0.4 is 4.74 Å². The van der Waals surface area contributed by atoms with Crippen molar-refractivity contribution >= 4 is 22.8 Å². The number of rotatable bonds is 10. The van der Waals surface area contributed by atoms with Crippen molar-refractivity contribution in [2.75, 3.05) is 33.5 Å². The minimum atomic E-state index is -0.904. The second kappa shape index (κ2) is 10.0. The van der Waals surface area contributed by atoms with Crippen molar-refractivity contribution in [1.82, 2.24) is 4.57 Å². The highest BCUT2D eigenvalue weighted by molar-refractivity contribution is 6.04. The van der Waals surface area contributed by atoms with E-state index >= 15 is 0 Å². The van der Waals surface area contributed by atoms with Gasteiger partial charge in [-0.15, -0.1) is 0 Å². The molecule has 1 N–H and O–H groups in total. The molecule has 30 heavy (non-hydrogen) atoms. The second-order valence-electron chi connectivity index (χ2n) is 6.82. The van der Waals surface area contributed by atoms with Crippen LogP contribution in [0.3, 0.4) is 0 Å². The highest BCUT2D eigenvalue weighted by Gasteiger charge is 2.17. The van der Waals surface area contributed by atoms with Gasteiger partial charge >= 0.3 is 5.97 Å². The molecule has 7 nitrogen and oxygen atoms in total. The lowest BCUT2D eigenvalue weighted by molar-refractivity contribution is -0.136. The quantitative estimate of drug-likeness (QED) is 0.515. The van der Waals surface area contributed by atoms with Crippen LogP contribution in [0.15, 0.2) is 48.5 Å². The zero-order chi connectivity index (χ0) is 21.5. The van der Waals surface area contributed by atoms with Crippen LogP contribution in [0.1, 0.15) is 21.6 Å². The number of carboxylic acid groups (broad SMARTS) is 1. The number of benzene rings is 2. The third-order valence-electron chi connectivity index (χ3n) is 4.69. The van der Waals surface area contributed by atoms with Crippen LogP contribution in [-0.4, -0.2) is 55.1 Å². The van der Waals surface area contributed by atoms with Crippen LogP contribution in [0, 0.1) is 6.92 Å². The molecule has 0 spiro atoms. The number of aryl methyl sites for hydroxylation is 1. The van der Waals surface area contributed by atoms with Crippen molar-refractivity contribution < 1.29 is 28.9 Å². The molecule has 0 fully saturated rings. The van der Waals surface area contributed by atoms with Gasteiger partial charge in [0.2, 0.25) is 0 Å². The van der Waals surface area contributed by atoms with E-state index in [1.165, 1.54) is 0 Å². The third kappa shape index (κ3) is 5.06. The number of nitrogens with zero attached hydrogens (tertiary/aromatic N) is 1. The number of hydrogen-bond acceptors (Lipinski definition) is 5. The molecular weight excluding hydrogens is 386 g/mol. The number of hydrogen-bond donors (Lipinski definition) is 1. The topological polar surface area (TPSA) is 87.0 Å². The molecule has 158 valence electrons. The van der Waals surface area contributed by atoms with E-state index < -0.39 is 5.97 Å². The Kier molecular flexibility index (Phi) is 7.21. The van der Waals surface area contributed by atoms with Crippen LogP contribution in [-0.2, 0) is 20.7 Å². The predicted molar refractivity (Wildman–Crippen MR) is 112 cm³/mol. The molecule has 0 aliphatic rings. The fourth-order valence-corrected chi connectivity index (χ4v) is 3.30. The number of aliphatic carboxylic acids is 1. The average Bonchev–Trinajstić information content (AvgIpc) is 3.07. The number of ether oxygens (including phenoxy) is 3. The fourth-order valence-electron chi connectivity index (χ4n) is 3.30. The standard InChI is InChI=1S/C23H25NO6/c1-16-14-20-18(15-22(25)26)4-3-5-21(20)24(16)23(27)17-6-8-19(9-7-17)30-13-12-29-11-10-28-2/h3-9,14H,10-13,15H2,1-2H3,(H,25,26). The van der Waals surface area contributed by atoms with E-state index in [-0.39, 0.29) is 12.3 Å². The lowest BCUT2D eigenvalue weighted by atomic mass is 10.1. The molecule has 0 unspecified atom stereocenters. The molecule has 0 amide bonds. The summed E-state index contributed by atoms with van der Waals surface area (Å²) < 4.78 is 17.5. The molecule has 1 aromatic heterocycles. The van der Waals surface area contributed by atoms with Crippen LogP contribution in [0.5, 0.6) is 5.75 Å².